The maximum atomic E-state index is 5.87. The van der Waals surface area contributed by atoms with E-state index in [-0.39, 0.29) is 0 Å². The number of nitrogens with one attached hydrogen (secondary N) is 1. The summed E-state index contributed by atoms with van der Waals surface area (Å²) in [5.74, 6) is 3.07. The highest BCUT2D eigenvalue weighted by Gasteiger charge is 2.38. The van der Waals surface area contributed by atoms with Crippen LogP contribution in [0.2, 0.25) is 0 Å². The molecule has 27 heavy (non-hydrogen) atoms. The average molecular weight is 368 g/mol. The molecule has 1 N–H and O–H groups in total. The van der Waals surface area contributed by atoms with E-state index in [0.717, 1.165) is 37.7 Å². The predicted molar refractivity (Wildman–Crippen MR) is 104 cm³/mol. The lowest BCUT2D eigenvalue weighted by Gasteiger charge is -2.27. The number of nitrogens with zero attached hydrogens (tertiary/aromatic N) is 1. The van der Waals surface area contributed by atoms with Gasteiger partial charge in [-0.15, -0.1) is 0 Å². The van der Waals surface area contributed by atoms with Gasteiger partial charge in [0.25, 0.3) is 0 Å². The van der Waals surface area contributed by atoms with Crippen molar-refractivity contribution >= 4 is 0 Å². The number of benzene rings is 1. The number of pyridine rings is 1. The number of aromatic nitrogens is 1. The van der Waals surface area contributed by atoms with Crippen molar-refractivity contribution in [2.45, 2.75) is 37.8 Å². The van der Waals surface area contributed by atoms with Crippen LogP contribution in [0.25, 0.3) is 0 Å². The zero-order chi connectivity index (χ0) is 18.5. The van der Waals surface area contributed by atoms with Gasteiger partial charge in [-0.25, -0.2) is 0 Å². The van der Waals surface area contributed by atoms with Crippen LogP contribution in [0.4, 0.5) is 0 Å². The summed E-state index contributed by atoms with van der Waals surface area (Å²) in [7, 11) is 1.68. The molecule has 1 aromatic carbocycles. The van der Waals surface area contributed by atoms with E-state index >= 15 is 0 Å². The molecule has 0 bridgehead atoms. The van der Waals surface area contributed by atoms with E-state index in [0.29, 0.717) is 24.5 Å². The van der Waals surface area contributed by atoms with E-state index in [2.05, 4.69) is 28.5 Å². The lowest BCUT2D eigenvalue weighted by Crippen LogP contribution is -2.46. The Morgan fingerprint density at radius 2 is 2.00 bits per heavy atom. The Kier molecular flexibility index (Phi) is 5.90. The Labute approximate surface area is 161 Å². The number of hydrogen-bond acceptors (Lipinski definition) is 5. The normalized spacial score (nSPS) is 23.5. The molecule has 1 saturated carbocycles. The van der Waals surface area contributed by atoms with Gasteiger partial charge in [0.05, 0.1) is 19.9 Å². The van der Waals surface area contributed by atoms with Crippen LogP contribution in [0, 0.1) is 5.92 Å². The molecule has 0 unspecified atom stereocenters. The highest BCUT2D eigenvalue weighted by atomic mass is 16.5. The molecule has 1 saturated heterocycles. The third-order valence-electron chi connectivity index (χ3n) is 5.52. The summed E-state index contributed by atoms with van der Waals surface area (Å²) in [4.78, 5) is 4.37. The van der Waals surface area contributed by atoms with Crippen molar-refractivity contribution in [2.75, 3.05) is 26.9 Å². The maximum absolute atomic E-state index is 5.87. The van der Waals surface area contributed by atoms with Gasteiger partial charge in [-0.05, 0) is 67.0 Å². The number of methoxy groups -OCH3 is 1. The lowest BCUT2D eigenvalue weighted by atomic mass is 10.1. The van der Waals surface area contributed by atoms with Crippen molar-refractivity contribution in [1.29, 1.82) is 0 Å². The number of ether oxygens (including phenoxy) is 3. The third kappa shape index (κ3) is 4.99. The Morgan fingerprint density at radius 3 is 2.74 bits per heavy atom. The smallest absolute Gasteiger partial charge is 0.137 e. The highest BCUT2D eigenvalue weighted by Crippen LogP contribution is 2.49. The molecule has 3 atom stereocenters. The minimum absolute atomic E-state index is 0.505. The van der Waals surface area contributed by atoms with Gasteiger partial charge >= 0.3 is 0 Å². The first-order valence-corrected chi connectivity index (χ1v) is 9.83. The Bertz CT molecular complexity index is 731. The van der Waals surface area contributed by atoms with Crippen LogP contribution in [0.5, 0.6) is 11.5 Å². The highest BCUT2D eigenvalue weighted by molar-refractivity contribution is 5.30. The lowest BCUT2D eigenvalue weighted by molar-refractivity contribution is 0.114. The summed E-state index contributed by atoms with van der Waals surface area (Å²) in [6.07, 6.45) is 7.32. The molecule has 0 radical (unpaired) electrons. The summed E-state index contributed by atoms with van der Waals surface area (Å²) in [6.45, 7) is 3.29. The summed E-state index contributed by atoms with van der Waals surface area (Å²) in [5.41, 5.74) is 2.48. The fourth-order valence-electron chi connectivity index (χ4n) is 3.53. The SMILES string of the molecule is COc1ccc(COCC[C@@H]2C[C@@H]2c2cncc(OC[C@@H]3CCN3)c2)cc1. The molecule has 1 aliphatic heterocycles. The molecule has 1 aliphatic carbocycles. The zero-order valence-corrected chi connectivity index (χ0v) is 15.9. The van der Waals surface area contributed by atoms with E-state index in [9.17, 15) is 0 Å². The van der Waals surface area contributed by atoms with Crippen molar-refractivity contribution in [3.63, 3.8) is 0 Å². The number of hydrogen-bond donors (Lipinski definition) is 1. The van der Waals surface area contributed by atoms with Crippen molar-refractivity contribution in [3.05, 3.63) is 53.9 Å². The van der Waals surface area contributed by atoms with Crippen LogP contribution in [-0.2, 0) is 11.3 Å². The van der Waals surface area contributed by atoms with Gasteiger partial charge in [-0.2, -0.15) is 0 Å². The van der Waals surface area contributed by atoms with Gasteiger partial charge < -0.3 is 19.5 Å². The van der Waals surface area contributed by atoms with Gasteiger partial charge in [-0.1, -0.05) is 12.1 Å². The van der Waals surface area contributed by atoms with Gasteiger partial charge in [0.2, 0.25) is 0 Å². The van der Waals surface area contributed by atoms with E-state index in [1.165, 1.54) is 24.0 Å². The first kappa shape index (κ1) is 18.3. The molecule has 0 amide bonds. The molecule has 2 fully saturated rings. The molecule has 4 rings (SSSR count). The van der Waals surface area contributed by atoms with E-state index in [1.807, 2.05) is 24.5 Å². The fraction of sp³-hybridized carbons (Fsp3) is 0.500. The van der Waals surface area contributed by atoms with Crippen molar-refractivity contribution in [1.82, 2.24) is 10.3 Å². The van der Waals surface area contributed by atoms with Crippen molar-refractivity contribution in [3.8, 4) is 11.5 Å². The predicted octanol–water partition coefficient (Wildman–Crippen LogP) is 3.54. The molecular formula is C22H28N2O3. The topological polar surface area (TPSA) is 52.6 Å². The van der Waals surface area contributed by atoms with E-state index in [4.69, 9.17) is 14.2 Å². The fourth-order valence-corrected chi connectivity index (χ4v) is 3.53. The van der Waals surface area contributed by atoms with Gasteiger partial charge in [0, 0.05) is 18.8 Å². The van der Waals surface area contributed by atoms with Crippen LogP contribution in [0.15, 0.2) is 42.7 Å². The minimum Gasteiger partial charge on any atom is -0.497 e. The monoisotopic (exact) mass is 368 g/mol. The Morgan fingerprint density at radius 1 is 1.15 bits per heavy atom. The second-order valence-corrected chi connectivity index (χ2v) is 7.50. The second-order valence-electron chi connectivity index (χ2n) is 7.50. The third-order valence-corrected chi connectivity index (χ3v) is 5.52. The molecule has 144 valence electrons. The van der Waals surface area contributed by atoms with Crippen LogP contribution in [0.1, 0.15) is 36.3 Å². The van der Waals surface area contributed by atoms with Gasteiger partial charge in [0.15, 0.2) is 0 Å². The summed E-state index contributed by atoms with van der Waals surface area (Å²) >= 11 is 0. The Balaban J connectivity index is 1.17. The van der Waals surface area contributed by atoms with Crippen LogP contribution in [0.3, 0.4) is 0 Å². The number of rotatable bonds is 10. The molecular weight excluding hydrogens is 340 g/mol. The first-order chi connectivity index (χ1) is 13.3. The van der Waals surface area contributed by atoms with Crippen LogP contribution in [-0.4, -0.2) is 37.9 Å². The maximum Gasteiger partial charge on any atom is 0.137 e. The van der Waals surface area contributed by atoms with E-state index in [1.54, 1.807) is 7.11 Å². The molecule has 0 spiro atoms. The Hall–Kier alpha value is -2.11. The molecule has 5 nitrogen and oxygen atoms in total. The largest absolute Gasteiger partial charge is 0.497 e. The first-order valence-electron chi connectivity index (χ1n) is 9.83. The molecule has 2 heterocycles. The standard InChI is InChI=1S/C22H28N2O3/c1-25-20-4-2-16(3-5-20)14-26-9-7-17-11-22(17)18-10-21(13-23-12-18)27-15-19-6-8-24-19/h2-5,10,12-13,17,19,22,24H,6-9,11,14-15H2,1H3/t17-,19+,22+/m1/s1. The summed E-state index contributed by atoms with van der Waals surface area (Å²) < 4.78 is 16.9. The summed E-state index contributed by atoms with van der Waals surface area (Å²) in [6, 6.07) is 10.7. The summed E-state index contributed by atoms with van der Waals surface area (Å²) in [5, 5.41) is 3.35. The minimum atomic E-state index is 0.505. The molecule has 1 aromatic heterocycles. The quantitative estimate of drug-likeness (QED) is 0.650. The van der Waals surface area contributed by atoms with Crippen LogP contribution >= 0.6 is 0 Å². The molecule has 2 aromatic rings. The van der Waals surface area contributed by atoms with Crippen molar-refractivity contribution in [2.24, 2.45) is 5.92 Å². The molecule has 2 aliphatic rings. The average Bonchev–Trinajstić information content (AvgIpc) is 3.44. The van der Waals surface area contributed by atoms with E-state index < -0.39 is 0 Å². The zero-order valence-electron chi connectivity index (χ0n) is 15.9. The molecule has 5 heteroatoms. The van der Waals surface area contributed by atoms with Gasteiger partial charge in [0.1, 0.15) is 18.1 Å². The van der Waals surface area contributed by atoms with Crippen LogP contribution < -0.4 is 14.8 Å². The van der Waals surface area contributed by atoms with Crippen molar-refractivity contribution < 1.29 is 14.2 Å². The van der Waals surface area contributed by atoms with Gasteiger partial charge in [-0.3, -0.25) is 4.98 Å². The second kappa shape index (κ2) is 8.72.